The summed E-state index contributed by atoms with van der Waals surface area (Å²) in [5.74, 6) is -0.132. The molecule has 0 radical (unpaired) electrons. The van der Waals surface area contributed by atoms with Crippen LogP contribution in [0.2, 0.25) is 0 Å². The number of carboxylic acid groups (broad SMARTS) is 1. The van der Waals surface area contributed by atoms with Crippen molar-refractivity contribution in [2.24, 2.45) is 17.8 Å². The van der Waals surface area contributed by atoms with Gasteiger partial charge < -0.3 is 9.84 Å². The van der Waals surface area contributed by atoms with Gasteiger partial charge in [0.1, 0.15) is 0 Å². The first-order valence-electron chi connectivity index (χ1n) is 5.68. The second-order valence-corrected chi connectivity index (χ2v) is 4.73. The third kappa shape index (κ3) is 2.92. The number of rotatable bonds is 4. The van der Waals surface area contributed by atoms with E-state index in [4.69, 9.17) is 9.84 Å². The average Bonchev–Trinajstić information content (AvgIpc) is 2.21. The van der Waals surface area contributed by atoms with E-state index in [1.807, 2.05) is 13.8 Å². The first-order valence-corrected chi connectivity index (χ1v) is 5.68. The van der Waals surface area contributed by atoms with Crippen LogP contribution in [0.25, 0.3) is 0 Å². The van der Waals surface area contributed by atoms with E-state index in [2.05, 4.69) is 6.92 Å². The van der Waals surface area contributed by atoms with E-state index in [1.165, 1.54) is 0 Å². The Morgan fingerprint density at radius 1 is 1.25 bits per heavy atom. The van der Waals surface area contributed by atoms with E-state index in [1.54, 1.807) is 5.54 Å². The van der Waals surface area contributed by atoms with Crippen molar-refractivity contribution in [3.8, 4) is 0 Å². The molecule has 1 rings (SSSR count). The van der Waals surface area contributed by atoms with Gasteiger partial charge in [-0.2, -0.15) is 5.54 Å². The van der Waals surface area contributed by atoms with Crippen molar-refractivity contribution in [1.29, 1.82) is 0 Å². The molecule has 1 aliphatic heterocycles. The summed E-state index contributed by atoms with van der Waals surface area (Å²) < 4.78 is 17.8. The van der Waals surface area contributed by atoms with Crippen molar-refractivity contribution in [3.63, 3.8) is 0 Å². The molecule has 0 spiro atoms. The van der Waals surface area contributed by atoms with E-state index in [9.17, 15) is 9.28 Å². The minimum atomic E-state index is -0.870. The Bertz CT molecular complexity index is 249. The average molecular weight is 233 g/mol. The van der Waals surface area contributed by atoms with Crippen molar-refractivity contribution in [1.82, 2.24) is 5.54 Å². The van der Waals surface area contributed by atoms with E-state index >= 15 is 0 Å². The Labute approximate surface area is 95.1 Å². The molecule has 5 atom stereocenters. The fourth-order valence-electron chi connectivity index (χ4n) is 2.34. The zero-order chi connectivity index (χ0) is 12.3. The van der Waals surface area contributed by atoms with Gasteiger partial charge >= 0.3 is 5.97 Å². The molecule has 0 saturated carbocycles. The van der Waals surface area contributed by atoms with Crippen LogP contribution in [0.1, 0.15) is 27.2 Å². The maximum absolute atomic E-state index is 12.1. The van der Waals surface area contributed by atoms with E-state index in [0.717, 1.165) is 0 Å². The summed E-state index contributed by atoms with van der Waals surface area (Å²) in [6.45, 7) is 6.19. The van der Waals surface area contributed by atoms with Gasteiger partial charge in [-0.15, -0.1) is 4.48 Å². The van der Waals surface area contributed by atoms with Crippen molar-refractivity contribution >= 4 is 5.97 Å². The molecule has 1 heterocycles. The monoisotopic (exact) mass is 233 g/mol. The number of nitrogens with one attached hydrogen (secondary N) is 1. The molecule has 1 fully saturated rings. The maximum Gasteiger partial charge on any atom is 0.305 e. The van der Waals surface area contributed by atoms with Crippen LogP contribution in [0, 0.1) is 17.8 Å². The molecule has 2 N–H and O–H groups in total. The second-order valence-electron chi connectivity index (χ2n) is 4.73. The van der Waals surface area contributed by atoms with Crippen LogP contribution in [0.15, 0.2) is 0 Å². The molecule has 94 valence electrons. The molecule has 1 saturated heterocycles. The van der Waals surface area contributed by atoms with Crippen LogP contribution in [0.4, 0.5) is 4.48 Å². The number of aliphatic carboxylic acids is 1. The summed E-state index contributed by atoms with van der Waals surface area (Å²) in [5, 5.41) is 8.78. The van der Waals surface area contributed by atoms with Crippen molar-refractivity contribution in [2.45, 2.75) is 39.4 Å². The molecule has 4 nitrogen and oxygen atoms in total. The lowest BCUT2D eigenvalue weighted by atomic mass is 9.75. The third-order valence-electron chi connectivity index (χ3n) is 3.84. The van der Waals surface area contributed by atoms with Crippen LogP contribution in [0.3, 0.4) is 0 Å². The Morgan fingerprint density at radius 3 is 2.31 bits per heavy atom. The van der Waals surface area contributed by atoms with Crippen LogP contribution < -0.4 is 5.54 Å². The number of ether oxygens (including phenoxy) is 1. The molecular formula is C11H20FNO3. The fraction of sp³-hybridized carbons (Fsp3) is 0.909. The highest BCUT2D eigenvalue weighted by Crippen LogP contribution is 2.35. The minimum Gasteiger partial charge on any atom is -0.481 e. The standard InChI is InChI=1S/C11H20FNO3/c1-6-7(2)9(4-11(14)15)16-10(5-13-12)8(6)3/h6-10,13H,4-5H2,1-3H3,(H,14,15)/t6-,7-,8+,9+,10+/m0/s1. The highest BCUT2D eigenvalue weighted by Gasteiger charge is 2.39. The maximum atomic E-state index is 12.1. The highest BCUT2D eigenvalue weighted by molar-refractivity contribution is 5.67. The topological polar surface area (TPSA) is 58.6 Å². The van der Waals surface area contributed by atoms with Gasteiger partial charge in [0.25, 0.3) is 0 Å². The summed E-state index contributed by atoms with van der Waals surface area (Å²) in [5.41, 5.74) is 1.60. The quantitative estimate of drug-likeness (QED) is 0.724. The van der Waals surface area contributed by atoms with Gasteiger partial charge in [-0.25, -0.2) is 0 Å². The zero-order valence-electron chi connectivity index (χ0n) is 9.94. The largest absolute Gasteiger partial charge is 0.481 e. The molecule has 1 aliphatic rings. The van der Waals surface area contributed by atoms with E-state index in [0.29, 0.717) is 5.92 Å². The van der Waals surface area contributed by atoms with Gasteiger partial charge in [0, 0.05) is 0 Å². The van der Waals surface area contributed by atoms with Gasteiger partial charge in [0.05, 0.1) is 25.2 Å². The normalized spacial score (nSPS) is 39.6. The predicted molar refractivity (Wildman–Crippen MR) is 57.5 cm³/mol. The molecule has 0 aromatic heterocycles. The molecule has 0 amide bonds. The number of halogens is 1. The predicted octanol–water partition coefficient (Wildman–Crippen LogP) is 1.61. The van der Waals surface area contributed by atoms with Crippen molar-refractivity contribution in [3.05, 3.63) is 0 Å². The van der Waals surface area contributed by atoms with Gasteiger partial charge in [-0.1, -0.05) is 20.8 Å². The van der Waals surface area contributed by atoms with Gasteiger partial charge in [0.2, 0.25) is 0 Å². The molecule has 0 aliphatic carbocycles. The molecule has 0 bridgehead atoms. The van der Waals surface area contributed by atoms with Gasteiger partial charge in [-0.3, -0.25) is 4.79 Å². The minimum absolute atomic E-state index is 0.0129. The number of carbonyl (C=O) groups is 1. The smallest absolute Gasteiger partial charge is 0.305 e. The summed E-state index contributed by atoms with van der Waals surface area (Å²) >= 11 is 0. The lowest BCUT2D eigenvalue weighted by Crippen LogP contribution is -2.48. The summed E-state index contributed by atoms with van der Waals surface area (Å²) in [6.07, 6.45) is -0.580. The Hall–Kier alpha value is -0.680. The molecule has 0 unspecified atom stereocenters. The summed E-state index contributed by atoms with van der Waals surface area (Å²) in [7, 11) is 0. The van der Waals surface area contributed by atoms with E-state index < -0.39 is 5.97 Å². The Kier molecular flexibility index (Phi) is 4.68. The molecule has 16 heavy (non-hydrogen) atoms. The Morgan fingerprint density at radius 2 is 1.81 bits per heavy atom. The molecular weight excluding hydrogens is 213 g/mol. The Balaban J connectivity index is 2.68. The lowest BCUT2D eigenvalue weighted by molar-refractivity contribution is -0.158. The SMILES string of the molecule is C[C@@H]1[C@@H](C)[C@@H](CNF)O[C@H](CC(=O)O)[C@H]1C. The van der Waals surface area contributed by atoms with Gasteiger partial charge in [-0.05, 0) is 17.8 Å². The van der Waals surface area contributed by atoms with Crippen LogP contribution in [-0.4, -0.2) is 29.8 Å². The molecule has 0 aromatic carbocycles. The van der Waals surface area contributed by atoms with Crippen LogP contribution in [-0.2, 0) is 9.53 Å². The van der Waals surface area contributed by atoms with Crippen LogP contribution >= 0.6 is 0 Å². The van der Waals surface area contributed by atoms with Crippen molar-refractivity contribution < 1.29 is 19.1 Å². The number of hydrogen-bond acceptors (Lipinski definition) is 3. The van der Waals surface area contributed by atoms with Crippen molar-refractivity contribution in [2.75, 3.05) is 6.54 Å². The summed E-state index contributed by atoms with van der Waals surface area (Å²) in [4.78, 5) is 10.7. The molecule has 5 heteroatoms. The number of hydrogen-bond donors (Lipinski definition) is 2. The lowest BCUT2D eigenvalue weighted by Gasteiger charge is -2.43. The number of carboxylic acids is 1. The highest BCUT2D eigenvalue weighted by atomic mass is 19.2. The zero-order valence-corrected chi connectivity index (χ0v) is 9.94. The van der Waals surface area contributed by atoms with Crippen LogP contribution in [0.5, 0.6) is 0 Å². The third-order valence-corrected chi connectivity index (χ3v) is 3.84. The first kappa shape index (κ1) is 13.4. The molecule has 0 aromatic rings. The summed E-state index contributed by atoms with van der Waals surface area (Å²) in [6, 6.07) is 0. The van der Waals surface area contributed by atoms with Gasteiger partial charge in [0.15, 0.2) is 0 Å². The van der Waals surface area contributed by atoms with E-state index in [-0.39, 0.29) is 37.0 Å². The first-order chi connectivity index (χ1) is 7.47. The fourth-order valence-corrected chi connectivity index (χ4v) is 2.34. The second kappa shape index (κ2) is 5.59.